The van der Waals surface area contributed by atoms with Crippen LogP contribution in [-0.4, -0.2) is 13.1 Å². The maximum Gasteiger partial charge on any atom is 0.0427 e. The van der Waals surface area contributed by atoms with E-state index in [9.17, 15) is 0 Å². The molecule has 0 aromatic heterocycles. The predicted octanol–water partition coefficient (Wildman–Crippen LogP) is 3.93. The molecule has 0 aliphatic rings. The molecule has 108 valence electrons. The van der Waals surface area contributed by atoms with Crippen molar-refractivity contribution in [3.8, 4) is 0 Å². The molecule has 0 fully saturated rings. The van der Waals surface area contributed by atoms with Crippen LogP contribution in [0.15, 0.2) is 18.2 Å². The van der Waals surface area contributed by atoms with Gasteiger partial charge >= 0.3 is 0 Å². The summed E-state index contributed by atoms with van der Waals surface area (Å²) < 4.78 is 0. The lowest BCUT2D eigenvalue weighted by Gasteiger charge is -2.24. The van der Waals surface area contributed by atoms with Crippen molar-refractivity contribution >= 4 is 0 Å². The average Bonchev–Trinajstić information content (AvgIpc) is 2.37. The molecular weight excluding hydrogens is 232 g/mol. The van der Waals surface area contributed by atoms with Crippen molar-refractivity contribution in [2.45, 2.75) is 58.9 Å². The number of nitrogens with one attached hydrogen (secondary N) is 1. The normalized spacial score (nSPS) is 13.3. The maximum atomic E-state index is 6.45. The maximum absolute atomic E-state index is 6.45. The van der Waals surface area contributed by atoms with E-state index < -0.39 is 0 Å². The predicted molar refractivity (Wildman–Crippen MR) is 84.7 cm³/mol. The second-order valence-electron chi connectivity index (χ2n) is 5.97. The third kappa shape index (κ3) is 4.32. The lowest BCUT2D eigenvalue weighted by atomic mass is 9.85. The van der Waals surface area contributed by atoms with Gasteiger partial charge in [0.25, 0.3) is 0 Å². The fraction of sp³-hybridized carbons (Fsp3) is 0.647. The molecule has 0 amide bonds. The van der Waals surface area contributed by atoms with Crippen molar-refractivity contribution in [3.63, 3.8) is 0 Å². The fourth-order valence-electron chi connectivity index (χ4n) is 2.57. The standard InChI is InChI=1S/C17H30N2/c1-6-10-19-11-16(18)17-14(12(2)3)8-7-9-15(17)13(4)5/h7-9,12-13,16,19H,6,10-11,18H2,1-5H3. The first-order valence-corrected chi connectivity index (χ1v) is 7.58. The highest BCUT2D eigenvalue weighted by Gasteiger charge is 2.18. The molecule has 1 rings (SSSR count). The van der Waals surface area contributed by atoms with E-state index in [1.807, 2.05) is 0 Å². The van der Waals surface area contributed by atoms with Crippen LogP contribution < -0.4 is 11.1 Å². The van der Waals surface area contributed by atoms with Crippen LogP contribution >= 0.6 is 0 Å². The Labute approximate surface area is 118 Å². The SMILES string of the molecule is CCCNCC(N)c1c(C(C)C)cccc1C(C)C. The van der Waals surface area contributed by atoms with Crippen LogP contribution in [0.5, 0.6) is 0 Å². The average molecular weight is 262 g/mol. The number of benzene rings is 1. The molecule has 1 atom stereocenters. The van der Waals surface area contributed by atoms with Crippen LogP contribution in [0.1, 0.15) is 75.6 Å². The van der Waals surface area contributed by atoms with Gasteiger partial charge in [-0.05, 0) is 41.5 Å². The Morgan fingerprint density at radius 3 is 2.00 bits per heavy atom. The van der Waals surface area contributed by atoms with Crippen LogP contribution in [0.25, 0.3) is 0 Å². The summed E-state index contributed by atoms with van der Waals surface area (Å²) in [4.78, 5) is 0. The second kappa shape index (κ2) is 7.66. The molecule has 0 aliphatic carbocycles. The van der Waals surface area contributed by atoms with Gasteiger partial charge in [0.05, 0.1) is 0 Å². The summed E-state index contributed by atoms with van der Waals surface area (Å²) in [5, 5.41) is 3.44. The highest BCUT2D eigenvalue weighted by atomic mass is 14.9. The van der Waals surface area contributed by atoms with Gasteiger partial charge in [0.1, 0.15) is 0 Å². The molecule has 0 saturated heterocycles. The van der Waals surface area contributed by atoms with E-state index in [0.29, 0.717) is 11.8 Å². The van der Waals surface area contributed by atoms with Gasteiger partial charge in [0.15, 0.2) is 0 Å². The summed E-state index contributed by atoms with van der Waals surface area (Å²) in [5.41, 5.74) is 10.6. The van der Waals surface area contributed by atoms with Gasteiger partial charge in [0, 0.05) is 12.6 Å². The van der Waals surface area contributed by atoms with E-state index in [2.05, 4.69) is 58.1 Å². The molecule has 2 heteroatoms. The molecule has 0 heterocycles. The third-order valence-corrected chi connectivity index (χ3v) is 3.58. The van der Waals surface area contributed by atoms with Crippen LogP contribution in [0.4, 0.5) is 0 Å². The van der Waals surface area contributed by atoms with Crippen molar-refractivity contribution in [1.29, 1.82) is 0 Å². The van der Waals surface area contributed by atoms with E-state index in [1.54, 1.807) is 0 Å². The topological polar surface area (TPSA) is 38.0 Å². The van der Waals surface area contributed by atoms with Gasteiger partial charge in [-0.25, -0.2) is 0 Å². The fourth-order valence-corrected chi connectivity index (χ4v) is 2.57. The highest BCUT2D eigenvalue weighted by molar-refractivity contribution is 5.41. The molecule has 0 bridgehead atoms. The molecular formula is C17H30N2. The summed E-state index contributed by atoms with van der Waals surface area (Å²) in [7, 11) is 0. The van der Waals surface area contributed by atoms with Gasteiger partial charge in [-0.1, -0.05) is 52.8 Å². The molecule has 0 radical (unpaired) electrons. The lowest BCUT2D eigenvalue weighted by molar-refractivity contribution is 0.580. The highest BCUT2D eigenvalue weighted by Crippen LogP contribution is 2.31. The van der Waals surface area contributed by atoms with Gasteiger partial charge in [-0.15, -0.1) is 0 Å². The zero-order valence-corrected chi connectivity index (χ0v) is 13.2. The Morgan fingerprint density at radius 1 is 1.05 bits per heavy atom. The minimum Gasteiger partial charge on any atom is -0.323 e. The van der Waals surface area contributed by atoms with Crippen molar-refractivity contribution in [2.24, 2.45) is 5.73 Å². The van der Waals surface area contributed by atoms with E-state index >= 15 is 0 Å². The summed E-state index contributed by atoms with van der Waals surface area (Å²) >= 11 is 0. The Hall–Kier alpha value is -0.860. The first-order valence-electron chi connectivity index (χ1n) is 7.58. The van der Waals surface area contributed by atoms with Crippen LogP contribution in [-0.2, 0) is 0 Å². The number of nitrogens with two attached hydrogens (primary N) is 1. The third-order valence-electron chi connectivity index (χ3n) is 3.58. The van der Waals surface area contributed by atoms with Crippen molar-refractivity contribution in [2.75, 3.05) is 13.1 Å². The smallest absolute Gasteiger partial charge is 0.0427 e. The molecule has 19 heavy (non-hydrogen) atoms. The largest absolute Gasteiger partial charge is 0.323 e. The quantitative estimate of drug-likeness (QED) is 0.731. The molecule has 1 aromatic carbocycles. The Kier molecular flexibility index (Phi) is 6.53. The molecule has 1 unspecified atom stereocenters. The van der Waals surface area contributed by atoms with Gasteiger partial charge < -0.3 is 11.1 Å². The minimum atomic E-state index is 0.0857. The molecule has 3 N–H and O–H groups in total. The zero-order chi connectivity index (χ0) is 14.4. The van der Waals surface area contributed by atoms with E-state index in [1.165, 1.54) is 16.7 Å². The Morgan fingerprint density at radius 2 is 1.58 bits per heavy atom. The Balaban J connectivity index is 3.06. The van der Waals surface area contributed by atoms with Crippen molar-refractivity contribution < 1.29 is 0 Å². The molecule has 2 nitrogen and oxygen atoms in total. The minimum absolute atomic E-state index is 0.0857. The summed E-state index contributed by atoms with van der Waals surface area (Å²) in [5.74, 6) is 1.04. The van der Waals surface area contributed by atoms with Gasteiger partial charge in [-0.2, -0.15) is 0 Å². The Bertz CT molecular complexity index is 357. The number of hydrogen-bond donors (Lipinski definition) is 2. The summed E-state index contributed by atoms with van der Waals surface area (Å²) in [6.07, 6.45) is 1.15. The first-order chi connectivity index (χ1) is 8.99. The van der Waals surface area contributed by atoms with Crippen molar-refractivity contribution in [1.82, 2.24) is 5.32 Å². The number of hydrogen-bond acceptors (Lipinski definition) is 2. The van der Waals surface area contributed by atoms with Gasteiger partial charge in [-0.3, -0.25) is 0 Å². The van der Waals surface area contributed by atoms with Crippen LogP contribution in [0, 0.1) is 0 Å². The van der Waals surface area contributed by atoms with Crippen LogP contribution in [0.2, 0.25) is 0 Å². The second-order valence-corrected chi connectivity index (χ2v) is 5.97. The molecule has 0 aliphatic heterocycles. The van der Waals surface area contributed by atoms with E-state index in [0.717, 1.165) is 19.5 Å². The van der Waals surface area contributed by atoms with E-state index in [-0.39, 0.29) is 6.04 Å². The lowest BCUT2D eigenvalue weighted by Crippen LogP contribution is -2.29. The van der Waals surface area contributed by atoms with Gasteiger partial charge in [0.2, 0.25) is 0 Å². The summed E-state index contributed by atoms with van der Waals surface area (Å²) in [6.45, 7) is 13.1. The van der Waals surface area contributed by atoms with Crippen LogP contribution in [0.3, 0.4) is 0 Å². The first kappa shape index (κ1) is 16.2. The monoisotopic (exact) mass is 262 g/mol. The molecule has 0 spiro atoms. The zero-order valence-electron chi connectivity index (χ0n) is 13.2. The summed E-state index contributed by atoms with van der Waals surface area (Å²) in [6, 6.07) is 6.71. The van der Waals surface area contributed by atoms with E-state index in [4.69, 9.17) is 5.73 Å². The van der Waals surface area contributed by atoms with Crippen molar-refractivity contribution in [3.05, 3.63) is 34.9 Å². The number of rotatable bonds is 7. The molecule has 1 aromatic rings. The molecule has 0 saturated carbocycles.